The topological polar surface area (TPSA) is 93.4 Å². The Morgan fingerprint density at radius 2 is 2.05 bits per heavy atom. The standard InChI is InChI=1S/C13H23N5O2/c1-4-7-20-13-11(14)12(16-9-17-13)15-8-10(19)18(5-2)6-3/h9H,4-8,14H2,1-3H3,(H,15,16,17). The SMILES string of the molecule is CCCOc1ncnc(NCC(=O)N(CC)CC)c1N. The van der Waals surface area contributed by atoms with E-state index in [0.717, 1.165) is 6.42 Å². The monoisotopic (exact) mass is 281 g/mol. The Labute approximate surface area is 119 Å². The second-order valence-electron chi connectivity index (χ2n) is 4.21. The van der Waals surface area contributed by atoms with Crippen LogP contribution in [0.5, 0.6) is 5.88 Å². The third kappa shape index (κ3) is 4.25. The summed E-state index contributed by atoms with van der Waals surface area (Å²) >= 11 is 0. The van der Waals surface area contributed by atoms with Crippen LogP contribution in [0.1, 0.15) is 27.2 Å². The number of ether oxygens (including phenoxy) is 1. The van der Waals surface area contributed by atoms with Gasteiger partial charge in [-0.15, -0.1) is 0 Å². The van der Waals surface area contributed by atoms with Gasteiger partial charge >= 0.3 is 0 Å². The van der Waals surface area contributed by atoms with Crippen molar-refractivity contribution in [3.63, 3.8) is 0 Å². The van der Waals surface area contributed by atoms with E-state index >= 15 is 0 Å². The second-order valence-corrected chi connectivity index (χ2v) is 4.21. The summed E-state index contributed by atoms with van der Waals surface area (Å²) in [7, 11) is 0. The Kier molecular flexibility index (Phi) is 6.55. The minimum atomic E-state index is 0.00374. The number of anilines is 2. The van der Waals surface area contributed by atoms with Crippen molar-refractivity contribution in [2.75, 3.05) is 37.3 Å². The van der Waals surface area contributed by atoms with Gasteiger partial charge in [0, 0.05) is 13.1 Å². The molecular formula is C13H23N5O2. The quantitative estimate of drug-likeness (QED) is 0.742. The van der Waals surface area contributed by atoms with E-state index in [1.165, 1.54) is 6.33 Å². The van der Waals surface area contributed by atoms with Crippen LogP contribution in [0.3, 0.4) is 0 Å². The van der Waals surface area contributed by atoms with E-state index < -0.39 is 0 Å². The van der Waals surface area contributed by atoms with Gasteiger partial charge in [0.25, 0.3) is 0 Å². The van der Waals surface area contributed by atoms with Gasteiger partial charge in [0.1, 0.15) is 12.0 Å². The number of nitrogens with one attached hydrogen (secondary N) is 1. The highest BCUT2D eigenvalue weighted by Gasteiger charge is 2.12. The largest absolute Gasteiger partial charge is 0.476 e. The first-order valence-corrected chi connectivity index (χ1v) is 6.88. The van der Waals surface area contributed by atoms with Crippen LogP contribution in [0.25, 0.3) is 0 Å². The molecule has 7 nitrogen and oxygen atoms in total. The molecule has 0 saturated heterocycles. The van der Waals surface area contributed by atoms with Crippen molar-refractivity contribution < 1.29 is 9.53 Å². The predicted octanol–water partition coefficient (Wildman–Crippen LogP) is 1.13. The number of amides is 1. The van der Waals surface area contributed by atoms with Crippen LogP contribution in [-0.2, 0) is 4.79 Å². The van der Waals surface area contributed by atoms with Gasteiger partial charge in [-0.2, -0.15) is 4.98 Å². The Hall–Kier alpha value is -2.05. The lowest BCUT2D eigenvalue weighted by molar-refractivity contribution is -0.128. The molecule has 0 fully saturated rings. The molecule has 1 aromatic rings. The fourth-order valence-electron chi connectivity index (χ4n) is 1.68. The first-order valence-electron chi connectivity index (χ1n) is 6.88. The zero-order chi connectivity index (χ0) is 15.0. The van der Waals surface area contributed by atoms with Crippen molar-refractivity contribution in [3.8, 4) is 5.88 Å². The summed E-state index contributed by atoms with van der Waals surface area (Å²) < 4.78 is 5.41. The van der Waals surface area contributed by atoms with Crippen LogP contribution < -0.4 is 15.8 Å². The lowest BCUT2D eigenvalue weighted by Crippen LogP contribution is -2.35. The van der Waals surface area contributed by atoms with E-state index in [9.17, 15) is 4.79 Å². The maximum Gasteiger partial charge on any atom is 0.242 e. The van der Waals surface area contributed by atoms with Crippen LogP contribution in [0.15, 0.2) is 6.33 Å². The minimum absolute atomic E-state index is 0.00374. The summed E-state index contributed by atoms with van der Waals surface area (Å²) in [6.45, 7) is 7.94. The van der Waals surface area contributed by atoms with E-state index in [-0.39, 0.29) is 12.5 Å². The summed E-state index contributed by atoms with van der Waals surface area (Å²) in [5.74, 6) is 0.773. The third-order valence-electron chi connectivity index (χ3n) is 2.81. The molecule has 0 bridgehead atoms. The number of nitrogens with two attached hydrogens (primary N) is 1. The van der Waals surface area contributed by atoms with E-state index in [1.54, 1.807) is 4.90 Å². The maximum atomic E-state index is 11.9. The summed E-state index contributed by atoms with van der Waals surface area (Å²) in [5.41, 5.74) is 6.24. The zero-order valence-electron chi connectivity index (χ0n) is 12.3. The van der Waals surface area contributed by atoms with Gasteiger partial charge in [-0.25, -0.2) is 4.98 Å². The van der Waals surface area contributed by atoms with Gasteiger partial charge in [0.15, 0.2) is 5.82 Å². The Morgan fingerprint density at radius 3 is 2.65 bits per heavy atom. The number of carbonyl (C=O) groups excluding carboxylic acids is 1. The first-order chi connectivity index (χ1) is 9.63. The molecular weight excluding hydrogens is 258 g/mol. The van der Waals surface area contributed by atoms with Crippen molar-refractivity contribution in [2.45, 2.75) is 27.2 Å². The first kappa shape index (κ1) is 16.0. The number of aromatic nitrogens is 2. The summed E-state index contributed by atoms with van der Waals surface area (Å²) in [6, 6.07) is 0. The average Bonchev–Trinajstić information content (AvgIpc) is 2.46. The van der Waals surface area contributed by atoms with E-state index in [1.807, 2.05) is 20.8 Å². The van der Waals surface area contributed by atoms with Crippen molar-refractivity contribution >= 4 is 17.4 Å². The smallest absolute Gasteiger partial charge is 0.242 e. The van der Waals surface area contributed by atoms with Crippen LogP contribution in [0.4, 0.5) is 11.5 Å². The lowest BCUT2D eigenvalue weighted by atomic mass is 10.4. The number of likely N-dealkylation sites (N-methyl/N-ethyl adjacent to an activating group) is 1. The second kappa shape index (κ2) is 8.19. The van der Waals surface area contributed by atoms with Gasteiger partial charge in [-0.05, 0) is 20.3 Å². The molecule has 0 spiro atoms. The fraction of sp³-hybridized carbons (Fsp3) is 0.615. The zero-order valence-corrected chi connectivity index (χ0v) is 12.3. The van der Waals surface area contributed by atoms with Crippen LogP contribution in [0.2, 0.25) is 0 Å². The van der Waals surface area contributed by atoms with Crippen molar-refractivity contribution in [1.82, 2.24) is 14.9 Å². The highest BCUT2D eigenvalue weighted by molar-refractivity contribution is 5.82. The molecule has 0 radical (unpaired) electrons. The van der Waals surface area contributed by atoms with Gasteiger partial charge in [-0.3, -0.25) is 4.79 Å². The molecule has 1 amide bonds. The molecule has 112 valence electrons. The minimum Gasteiger partial charge on any atom is -0.476 e. The summed E-state index contributed by atoms with van der Waals surface area (Å²) in [5, 5.41) is 2.93. The number of rotatable bonds is 8. The maximum absolute atomic E-state index is 11.9. The Balaban J connectivity index is 2.66. The average molecular weight is 281 g/mol. The van der Waals surface area contributed by atoms with E-state index in [4.69, 9.17) is 10.5 Å². The highest BCUT2D eigenvalue weighted by Crippen LogP contribution is 2.24. The molecule has 0 unspecified atom stereocenters. The summed E-state index contributed by atoms with van der Waals surface area (Å²) in [4.78, 5) is 21.6. The van der Waals surface area contributed by atoms with Crippen molar-refractivity contribution in [3.05, 3.63) is 6.33 Å². The molecule has 20 heavy (non-hydrogen) atoms. The number of nitrogen functional groups attached to an aromatic ring is 1. The van der Waals surface area contributed by atoms with E-state index in [2.05, 4.69) is 15.3 Å². The lowest BCUT2D eigenvalue weighted by Gasteiger charge is -2.19. The molecule has 3 N–H and O–H groups in total. The number of nitrogens with zero attached hydrogens (tertiary/aromatic N) is 3. The van der Waals surface area contributed by atoms with Gasteiger partial charge in [0.2, 0.25) is 11.8 Å². The molecule has 0 atom stereocenters. The molecule has 0 aliphatic carbocycles. The van der Waals surface area contributed by atoms with Crippen molar-refractivity contribution in [2.24, 2.45) is 0 Å². The van der Waals surface area contributed by atoms with Crippen LogP contribution >= 0.6 is 0 Å². The predicted molar refractivity (Wildman–Crippen MR) is 78.6 cm³/mol. The molecule has 0 aliphatic rings. The number of hydrogen-bond donors (Lipinski definition) is 2. The molecule has 1 aromatic heterocycles. The molecule has 7 heteroatoms. The van der Waals surface area contributed by atoms with Gasteiger partial charge in [0.05, 0.1) is 13.2 Å². The molecule has 0 saturated carbocycles. The van der Waals surface area contributed by atoms with E-state index in [0.29, 0.717) is 37.1 Å². The van der Waals surface area contributed by atoms with Crippen molar-refractivity contribution in [1.29, 1.82) is 0 Å². The normalized spacial score (nSPS) is 10.2. The highest BCUT2D eigenvalue weighted by atomic mass is 16.5. The molecule has 0 aromatic carbocycles. The molecule has 0 aliphatic heterocycles. The third-order valence-corrected chi connectivity index (χ3v) is 2.81. The number of carbonyl (C=O) groups is 1. The van der Waals surface area contributed by atoms with Gasteiger partial charge < -0.3 is 20.7 Å². The van der Waals surface area contributed by atoms with Crippen LogP contribution in [-0.4, -0.2) is 47.0 Å². The van der Waals surface area contributed by atoms with Crippen LogP contribution in [0, 0.1) is 0 Å². The number of hydrogen-bond acceptors (Lipinski definition) is 6. The fourth-order valence-corrected chi connectivity index (χ4v) is 1.68. The Bertz CT molecular complexity index is 435. The molecule has 1 heterocycles. The molecule has 1 rings (SSSR count). The summed E-state index contributed by atoms with van der Waals surface area (Å²) in [6.07, 6.45) is 2.23. The van der Waals surface area contributed by atoms with Gasteiger partial charge in [-0.1, -0.05) is 6.92 Å². The Morgan fingerprint density at radius 1 is 1.35 bits per heavy atom.